The van der Waals surface area contributed by atoms with E-state index in [2.05, 4.69) is 20.1 Å². The van der Waals surface area contributed by atoms with Gasteiger partial charge >= 0.3 is 0 Å². The first-order valence-corrected chi connectivity index (χ1v) is 8.79. The van der Waals surface area contributed by atoms with Crippen molar-refractivity contribution < 1.29 is 17.9 Å². The maximum atomic E-state index is 12.1. The molecule has 3 aromatic rings. The van der Waals surface area contributed by atoms with Gasteiger partial charge in [0.2, 0.25) is 10.0 Å². The number of ether oxygens (including phenoxy) is 2. The maximum absolute atomic E-state index is 12.1. The Hall–Kier alpha value is -2.81. The molecule has 0 radical (unpaired) electrons. The molecule has 0 unspecified atom stereocenters. The zero-order valence-corrected chi connectivity index (χ0v) is 13.7. The first-order valence-electron chi connectivity index (χ1n) is 7.14. The van der Waals surface area contributed by atoms with Crippen molar-refractivity contribution in [1.29, 1.82) is 0 Å². The number of rotatable bonds is 7. The van der Waals surface area contributed by atoms with Crippen molar-refractivity contribution in [3.05, 3.63) is 42.5 Å². The number of nitrogens with zero attached hydrogens (tertiary/aromatic N) is 2. The zero-order valence-electron chi connectivity index (χ0n) is 12.9. The number of nitrogens with one attached hydrogen (secondary N) is 2. The van der Waals surface area contributed by atoms with E-state index in [1.54, 1.807) is 49.6 Å². The van der Waals surface area contributed by atoms with Gasteiger partial charge in [0.05, 0.1) is 12.8 Å². The highest BCUT2D eigenvalue weighted by Crippen LogP contribution is 2.18. The molecule has 0 amide bonds. The van der Waals surface area contributed by atoms with Gasteiger partial charge in [-0.25, -0.2) is 8.42 Å². The first-order chi connectivity index (χ1) is 11.6. The minimum atomic E-state index is -3.53. The summed E-state index contributed by atoms with van der Waals surface area (Å²) in [5, 5.41) is 10.3. The fourth-order valence-electron chi connectivity index (χ4n) is 2.08. The Morgan fingerprint density at radius 2 is 1.75 bits per heavy atom. The molecule has 1 heterocycles. The molecule has 1 aromatic heterocycles. The molecule has 0 spiro atoms. The lowest BCUT2D eigenvalue weighted by Gasteiger charge is -2.09. The van der Waals surface area contributed by atoms with Crippen LogP contribution in [0, 0.1) is 0 Å². The lowest BCUT2D eigenvalue weighted by Crippen LogP contribution is -2.21. The third kappa shape index (κ3) is 3.93. The van der Waals surface area contributed by atoms with Crippen LogP contribution in [-0.2, 0) is 10.0 Å². The van der Waals surface area contributed by atoms with E-state index in [-0.39, 0.29) is 12.4 Å². The molecule has 3 rings (SSSR count). The van der Waals surface area contributed by atoms with Gasteiger partial charge < -0.3 is 9.47 Å². The Bertz CT molecular complexity index is 922. The SMILES string of the molecule is COc1ccc(OCCS(=O)(=O)Nc2ccc3n[nH]nc3c2)cc1. The predicted molar refractivity (Wildman–Crippen MR) is 89.8 cm³/mol. The molecule has 24 heavy (non-hydrogen) atoms. The predicted octanol–water partition coefficient (Wildman–Crippen LogP) is 1.79. The summed E-state index contributed by atoms with van der Waals surface area (Å²) in [4.78, 5) is 0. The van der Waals surface area contributed by atoms with Gasteiger partial charge in [-0.2, -0.15) is 15.4 Å². The molecule has 0 atom stereocenters. The maximum Gasteiger partial charge on any atom is 0.236 e. The van der Waals surface area contributed by atoms with Gasteiger partial charge in [-0.3, -0.25) is 4.72 Å². The summed E-state index contributed by atoms with van der Waals surface area (Å²) in [6.07, 6.45) is 0. The molecule has 0 aliphatic rings. The molecule has 2 aromatic carbocycles. The molecule has 2 N–H and O–H groups in total. The number of anilines is 1. The van der Waals surface area contributed by atoms with Gasteiger partial charge in [0.25, 0.3) is 0 Å². The van der Waals surface area contributed by atoms with Gasteiger partial charge in [-0.05, 0) is 42.5 Å². The standard InChI is InChI=1S/C15H16N4O4S/c1-22-12-3-5-13(6-4-12)23-8-9-24(20,21)18-11-2-7-14-15(10-11)17-19-16-14/h2-7,10,18H,8-9H2,1H3,(H,16,17,19). The Balaban J connectivity index is 1.56. The fourth-order valence-corrected chi connectivity index (χ4v) is 2.97. The molecular formula is C15H16N4O4S. The second-order valence-electron chi connectivity index (χ2n) is 4.97. The van der Waals surface area contributed by atoms with Crippen molar-refractivity contribution in [3.8, 4) is 11.5 Å². The number of aromatic amines is 1. The van der Waals surface area contributed by atoms with Crippen LogP contribution < -0.4 is 14.2 Å². The van der Waals surface area contributed by atoms with E-state index >= 15 is 0 Å². The summed E-state index contributed by atoms with van der Waals surface area (Å²) in [5.41, 5.74) is 1.69. The van der Waals surface area contributed by atoms with Crippen LogP contribution in [0.15, 0.2) is 42.5 Å². The Morgan fingerprint density at radius 3 is 2.50 bits per heavy atom. The van der Waals surface area contributed by atoms with Crippen LogP contribution in [0.3, 0.4) is 0 Å². The molecule has 0 saturated carbocycles. The van der Waals surface area contributed by atoms with Gasteiger partial charge in [-0.15, -0.1) is 0 Å². The largest absolute Gasteiger partial charge is 0.497 e. The highest BCUT2D eigenvalue weighted by atomic mass is 32.2. The number of fused-ring (bicyclic) bond motifs is 1. The normalized spacial score (nSPS) is 11.4. The zero-order chi connectivity index (χ0) is 17.0. The van der Waals surface area contributed by atoms with Crippen LogP contribution in [0.2, 0.25) is 0 Å². The van der Waals surface area contributed by atoms with Gasteiger partial charge in [-0.1, -0.05) is 0 Å². The van der Waals surface area contributed by atoms with E-state index in [0.29, 0.717) is 28.2 Å². The summed E-state index contributed by atoms with van der Waals surface area (Å²) >= 11 is 0. The number of benzene rings is 2. The van der Waals surface area contributed by atoms with E-state index in [4.69, 9.17) is 9.47 Å². The number of H-pyrrole nitrogens is 1. The van der Waals surface area contributed by atoms with Crippen LogP contribution in [0.25, 0.3) is 11.0 Å². The van der Waals surface area contributed by atoms with E-state index in [1.807, 2.05) is 0 Å². The highest BCUT2D eigenvalue weighted by molar-refractivity contribution is 7.92. The number of hydrogen-bond acceptors (Lipinski definition) is 6. The lowest BCUT2D eigenvalue weighted by molar-refractivity contribution is 0.340. The van der Waals surface area contributed by atoms with Crippen molar-refractivity contribution in [2.45, 2.75) is 0 Å². The second-order valence-corrected chi connectivity index (χ2v) is 6.81. The summed E-state index contributed by atoms with van der Waals surface area (Å²) in [5.74, 6) is 1.12. The van der Waals surface area contributed by atoms with E-state index in [0.717, 1.165) is 0 Å². The van der Waals surface area contributed by atoms with Crippen LogP contribution in [0.5, 0.6) is 11.5 Å². The monoisotopic (exact) mass is 348 g/mol. The Morgan fingerprint density at radius 1 is 1.04 bits per heavy atom. The third-order valence-electron chi connectivity index (χ3n) is 3.27. The number of aromatic nitrogens is 3. The molecule has 0 aliphatic carbocycles. The summed E-state index contributed by atoms with van der Waals surface area (Å²) in [6, 6.07) is 11.9. The Kier molecular flexibility index (Phi) is 4.52. The second kappa shape index (κ2) is 6.75. The molecule has 0 fully saturated rings. The van der Waals surface area contributed by atoms with Crippen LogP contribution in [0.4, 0.5) is 5.69 Å². The molecular weight excluding hydrogens is 332 g/mol. The molecule has 8 nitrogen and oxygen atoms in total. The molecule has 0 bridgehead atoms. The van der Waals surface area contributed by atoms with Crippen molar-refractivity contribution in [2.75, 3.05) is 24.2 Å². The average Bonchev–Trinajstić information content (AvgIpc) is 3.02. The topological polar surface area (TPSA) is 106 Å². The van der Waals surface area contributed by atoms with E-state index in [9.17, 15) is 8.42 Å². The van der Waals surface area contributed by atoms with Crippen molar-refractivity contribution in [1.82, 2.24) is 15.4 Å². The Labute approximate surface area is 138 Å². The van der Waals surface area contributed by atoms with Gasteiger partial charge in [0, 0.05) is 0 Å². The minimum Gasteiger partial charge on any atom is -0.497 e. The van der Waals surface area contributed by atoms with Gasteiger partial charge in [0.1, 0.15) is 34.9 Å². The smallest absolute Gasteiger partial charge is 0.236 e. The van der Waals surface area contributed by atoms with E-state index in [1.165, 1.54) is 0 Å². The molecule has 9 heteroatoms. The summed E-state index contributed by atoms with van der Waals surface area (Å²) in [6.45, 7) is 0.0356. The fraction of sp³-hybridized carbons (Fsp3) is 0.200. The third-order valence-corrected chi connectivity index (χ3v) is 4.52. The van der Waals surface area contributed by atoms with E-state index < -0.39 is 10.0 Å². The van der Waals surface area contributed by atoms with Crippen molar-refractivity contribution >= 4 is 26.7 Å². The number of hydrogen-bond donors (Lipinski definition) is 2. The molecule has 0 aliphatic heterocycles. The summed E-state index contributed by atoms with van der Waals surface area (Å²) < 4.78 is 37.2. The molecule has 126 valence electrons. The minimum absolute atomic E-state index is 0.0356. The van der Waals surface area contributed by atoms with Crippen LogP contribution in [0.1, 0.15) is 0 Å². The van der Waals surface area contributed by atoms with Gasteiger partial charge in [0.15, 0.2) is 0 Å². The first kappa shape index (κ1) is 16.1. The van der Waals surface area contributed by atoms with Crippen molar-refractivity contribution in [3.63, 3.8) is 0 Å². The van der Waals surface area contributed by atoms with Crippen LogP contribution >= 0.6 is 0 Å². The molecule has 0 saturated heterocycles. The lowest BCUT2D eigenvalue weighted by atomic mass is 10.3. The number of sulfonamides is 1. The highest BCUT2D eigenvalue weighted by Gasteiger charge is 2.12. The van der Waals surface area contributed by atoms with Crippen LogP contribution in [-0.4, -0.2) is 43.3 Å². The number of methoxy groups -OCH3 is 1. The quantitative estimate of drug-likeness (QED) is 0.674. The average molecular weight is 348 g/mol. The van der Waals surface area contributed by atoms with Crippen molar-refractivity contribution in [2.24, 2.45) is 0 Å². The summed E-state index contributed by atoms with van der Waals surface area (Å²) in [7, 11) is -1.95.